The minimum atomic E-state index is 0.672. The lowest BCUT2D eigenvalue weighted by Gasteiger charge is -2.22. The second-order valence-corrected chi connectivity index (χ2v) is 3.24. The molecule has 1 fully saturated rings. The molecule has 2 N–H and O–H groups in total. The standard InChI is InChI=1S/C8H15N3/c1-2-7(6-9-3-1)8-10-4-5-11-8/h7,9H,1-6H2,(H,10,11). The fraction of sp³-hybridized carbons (Fsp3) is 0.875. The number of amidine groups is 1. The maximum atomic E-state index is 4.42. The Morgan fingerprint density at radius 1 is 1.36 bits per heavy atom. The van der Waals surface area contributed by atoms with Crippen LogP contribution in [-0.4, -0.2) is 32.0 Å². The molecule has 3 nitrogen and oxygen atoms in total. The summed E-state index contributed by atoms with van der Waals surface area (Å²) >= 11 is 0. The number of rotatable bonds is 1. The van der Waals surface area contributed by atoms with Gasteiger partial charge in [0.05, 0.1) is 6.54 Å². The summed E-state index contributed by atoms with van der Waals surface area (Å²) < 4.78 is 0. The van der Waals surface area contributed by atoms with Gasteiger partial charge in [-0.2, -0.15) is 0 Å². The molecule has 1 atom stereocenters. The summed E-state index contributed by atoms with van der Waals surface area (Å²) in [5, 5.41) is 6.73. The highest BCUT2D eigenvalue weighted by molar-refractivity contribution is 5.86. The molecule has 0 aromatic carbocycles. The lowest BCUT2D eigenvalue weighted by atomic mass is 9.99. The summed E-state index contributed by atoms with van der Waals surface area (Å²) in [6, 6.07) is 0. The van der Waals surface area contributed by atoms with Crippen molar-refractivity contribution in [2.45, 2.75) is 12.8 Å². The Morgan fingerprint density at radius 3 is 3.00 bits per heavy atom. The lowest BCUT2D eigenvalue weighted by molar-refractivity contribution is 0.453. The molecule has 0 aliphatic carbocycles. The number of nitrogens with one attached hydrogen (secondary N) is 2. The van der Waals surface area contributed by atoms with Gasteiger partial charge in [0.2, 0.25) is 0 Å². The molecule has 62 valence electrons. The first kappa shape index (κ1) is 7.10. The minimum Gasteiger partial charge on any atom is -0.372 e. The van der Waals surface area contributed by atoms with E-state index in [1.165, 1.54) is 25.2 Å². The summed E-state index contributed by atoms with van der Waals surface area (Å²) in [7, 11) is 0. The molecule has 0 aromatic rings. The third kappa shape index (κ3) is 1.53. The summed E-state index contributed by atoms with van der Waals surface area (Å²) in [6.07, 6.45) is 2.60. The van der Waals surface area contributed by atoms with Gasteiger partial charge in [-0.25, -0.2) is 0 Å². The molecule has 0 radical (unpaired) electrons. The normalized spacial score (nSPS) is 31.3. The van der Waals surface area contributed by atoms with Crippen LogP contribution < -0.4 is 10.6 Å². The average molecular weight is 153 g/mol. The number of piperidine rings is 1. The van der Waals surface area contributed by atoms with Gasteiger partial charge in [-0.1, -0.05) is 0 Å². The zero-order chi connectivity index (χ0) is 7.52. The zero-order valence-corrected chi connectivity index (χ0v) is 6.77. The van der Waals surface area contributed by atoms with Crippen molar-refractivity contribution < 1.29 is 0 Å². The predicted molar refractivity (Wildman–Crippen MR) is 45.9 cm³/mol. The predicted octanol–water partition coefficient (Wildman–Crippen LogP) is -0.0123. The number of hydrogen-bond donors (Lipinski definition) is 2. The van der Waals surface area contributed by atoms with Gasteiger partial charge in [0.1, 0.15) is 5.84 Å². The van der Waals surface area contributed by atoms with Crippen molar-refractivity contribution in [2.75, 3.05) is 26.2 Å². The topological polar surface area (TPSA) is 36.4 Å². The van der Waals surface area contributed by atoms with E-state index >= 15 is 0 Å². The van der Waals surface area contributed by atoms with E-state index in [1.807, 2.05) is 0 Å². The van der Waals surface area contributed by atoms with Gasteiger partial charge in [-0.15, -0.1) is 0 Å². The van der Waals surface area contributed by atoms with Crippen LogP contribution in [0.5, 0.6) is 0 Å². The van der Waals surface area contributed by atoms with Gasteiger partial charge < -0.3 is 10.6 Å². The van der Waals surface area contributed by atoms with Crippen molar-refractivity contribution in [2.24, 2.45) is 10.9 Å². The van der Waals surface area contributed by atoms with Gasteiger partial charge in [0, 0.05) is 19.0 Å². The van der Waals surface area contributed by atoms with Crippen molar-refractivity contribution in [3.05, 3.63) is 0 Å². The smallest absolute Gasteiger partial charge is 0.101 e. The summed E-state index contributed by atoms with van der Waals surface area (Å²) in [4.78, 5) is 4.42. The largest absolute Gasteiger partial charge is 0.372 e. The molecule has 0 bridgehead atoms. The Hall–Kier alpha value is -0.570. The number of aliphatic imine (C=N–C) groups is 1. The maximum Gasteiger partial charge on any atom is 0.101 e. The van der Waals surface area contributed by atoms with E-state index in [2.05, 4.69) is 15.6 Å². The van der Waals surface area contributed by atoms with E-state index in [9.17, 15) is 0 Å². The Kier molecular flexibility index (Phi) is 2.08. The molecular formula is C8H15N3. The van der Waals surface area contributed by atoms with Crippen LogP contribution in [-0.2, 0) is 0 Å². The quantitative estimate of drug-likeness (QED) is 0.556. The van der Waals surface area contributed by atoms with E-state index in [1.54, 1.807) is 0 Å². The molecule has 0 spiro atoms. The van der Waals surface area contributed by atoms with Gasteiger partial charge in [0.25, 0.3) is 0 Å². The second-order valence-electron chi connectivity index (χ2n) is 3.24. The van der Waals surface area contributed by atoms with Crippen molar-refractivity contribution in [3.8, 4) is 0 Å². The van der Waals surface area contributed by atoms with Gasteiger partial charge >= 0.3 is 0 Å². The molecular weight excluding hydrogens is 138 g/mol. The summed E-state index contributed by atoms with van der Waals surface area (Å²) in [5.74, 6) is 1.92. The fourth-order valence-corrected chi connectivity index (χ4v) is 1.77. The lowest BCUT2D eigenvalue weighted by Crippen LogP contribution is -2.38. The molecule has 1 saturated heterocycles. The summed E-state index contributed by atoms with van der Waals surface area (Å²) in [6.45, 7) is 4.33. The monoisotopic (exact) mass is 153 g/mol. The first-order valence-electron chi connectivity index (χ1n) is 4.46. The first-order valence-corrected chi connectivity index (χ1v) is 4.46. The Morgan fingerprint density at radius 2 is 2.36 bits per heavy atom. The Bertz CT molecular complexity index is 159. The molecule has 11 heavy (non-hydrogen) atoms. The van der Waals surface area contributed by atoms with Crippen molar-refractivity contribution in [1.82, 2.24) is 10.6 Å². The van der Waals surface area contributed by atoms with Gasteiger partial charge in [-0.05, 0) is 19.4 Å². The minimum absolute atomic E-state index is 0.672. The van der Waals surface area contributed by atoms with E-state index < -0.39 is 0 Å². The van der Waals surface area contributed by atoms with Crippen molar-refractivity contribution >= 4 is 5.84 Å². The van der Waals surface area contributed by atoms with Crippen LogP contribution in [0, 0.1) is 5.92 Å². The molecule has 3 heteroatoms. The molecule has 0 saturated carbocycles. The molecule has 2 aliphatic heterocycles. The van der Waals surface area contributed by atoms with Crippen molar-refractivity contribution in [1.29, 1.82) is 0 Å². The highest BCUT2D eigenvalue weighted by Gasteiger charge is 2.20. The first-order chi connectivity index (χ1) is 5.47. The molecule has 0 aromatic heterocycles. The third-order valence-electron chi connectivity index (χ3n) is 2.38. The zero-order valence-electron chi connectivity index (χ0n) is 6.77. The van der Waals surface area contributed by atoms with Gasteiger partial charge in [0.15, 0.2) is 0 Å². The van der Waals surface area contributed by atoms with Gasteiger partial charge in [-0.3, -0.25) is 4.99 Å². The summed E-state index contributed by atoms with van der Waals surface area (Å²) in [5.41, 5.74) is 0. The van der Waals surface area contributed by atoms with Crippen LogP contribution in [0.25, 0.3) is 0 Å². The SMILES string of the molecule is C1CNCC(C2=NCCN2)C1. The highest BCUT2D eigenvalue weighted by atomic mass is 15.1. The Balaban J connectivity index is 1.92. The molecule has 1 unspecified atom stereocenters. The Labute approximate surface area is 67.3 Å². The van der Waals surface area contributed by atoms with E-state index in [-0.39, 0.29) is 0 Å². The maximum absolute atomic E-state index is 4.42. The van der Waals surface area contributed by atoms with E-state index in [0.29, 0.717) is 5.92 Å². The molecule has 2 heterocycles. The van der Waals surface area contributed by atoms with Crippen LogP contribution in [0.4, 0.5) is 0 Å². The second kappa shape index (κ2) is 3.22. The molecule has 2 aliphatic rings. The molecule has 2 rings (SSSR count). The molecule has 0 amide bonds. The van der Waals surface area contributed by atoms with Crippen molar-refractivity contribution in [3.63, 3.8) is 0 Å². The number of nitrogens with zero attached hydrogens (tertiary/aromatic N) is 1. The average Bonchev–Trinajstić information content (AvgIpc) is 2.58. The fourth-order valence-electron chi connectivity index (χ4n) is 1.77. The van der Waals surface area contributed by atoms with Crippen LogP contribution in [0.3, 0.4) is 0 Å². The van der Waals surface area contributed by atoms with Crippen LogP contribution in [0.2, 0.25) is 0 Å². The van der Waals surface area contributed by atoms with Crippen LogP contribution in [0.15, 0.2) is 4.99 Å². The van der Waals surface area contributed by atoms with Crippen LogP contribution in [0.1, 0.15) is 12.8 Å². The number of hydrogen-bond acceptors (Lipinski definition) is 3. The van der Waals surface area contributed by atoms with Crippen LogP contribution >= 0.6 is 0 Å². The third-order valence-corrected chi connectivity index (χ3v) is 2.38. The van der Waals surface area contributed by atoms with E-state index in [0.717, 1.165) is 19.6 Å². The van der Waals surface area contributed by atoms with E-state index in [4.69, 9.17) is 0 Å². The highest BCUT2D eigenvalue weighted by Crippen LogP contribution is 2.12.